The van der Waals surface area contributed by atoms with Crippen LogP contribution >= 0.6 is 0 Å². The van der Waals surface area contributed by atoms with Crippen LogP contribution < -0.4 is 0 Å². The Labute approximate surface area is 127 Å². The van der Waals surface area contributed by atoms with Gasteiger partial charge in [0, 0.05) is 25.2 Å². The lowest BCUT2D eigenvalue weighted by molar-refractivity contribution is 0.101. The first kappa shape index (κ1) is 15.8. The number of hydrogen-bond donors (Lipinski definition) is 0. The molecule has 5 nitrogen and oxygen atoms in total. The van der Waals surface area contributed by atoms with Crippen LogP contribution in [-0.2, 0) is 11.3 Å². The molecule has 1 fully saturated rings. The zero-order valence-corrected chi connectivity index (χ0v) is 13.3. The van der Waals surface area contributed by atoms with Crippen molar-refractivity contribution in [2.75, 3.05) is 41.3 Å². The van der Waals surface area contributed by atoms with Crippen LogP contribution in [0.2, 0.25) is 0 Å². The van der Waals surface area contributed by atoms with E-state index in [0.29, 0.717) is 31.8 Å². The molecule has 1 aromatic carbocycles. The van der Waals surface area contributed by atoms with Crippen molar-refractivity contribution in [3.8, 4) is 0 Å². The second-order valence-electron chi connectivity index (χ2n) is 6.01. The van der Waals surface area contributed by atoms with Gasteiger partial charge in [-0.1, -0.05) is 30.3 Å². The molecule has 1 aliphatic rings. The van der Waals surface area contributed by atoms with E-state index < -0.39 is 0 Å². The smallest absolute Gasteiger partial charge is 0.410 e. The van der Waals surface area contributed by atoms with Gasteiger partial charge in [0.1, 0.15) is 6.61 Å². The predicted octanol–water partition coefficient (Wildman–Crippen LogP) is 1.50. The Morgan fingerprint density at radius 2 is 1.62 bits per heavy atom. The molecular weight excluding hydrogens is 266 g/mol. The maximum absolute atomic E-state index is 12.2. The highest BCUT2D eigenvalue weighted by molar-refractivity contribution is 5.68. The Morgan fingerprint density at radius 1 is 1.10 bits per heavy atom. The Bertz CT molecular complexity index is 446. The summed E-state index contributed by atoms with van der Waals surface area (Å²) in [4.78, 5) is 18.4. The molecule has 1 aliphatic heterocycles. The largest absolute Gasteiger partial charge is 0.445 e. The minimum atomic E-state index is -0.227. The average molecular weight is 291 g/mol. The van der Waals surface area contributed by atoms with Crippen molar-refractivity contribution in [3.05, 3.63) is 35.9 Å². The van der Waals surface area contributed by atoms with Crippen molar-refractivity contribution in [2.45, 2.75) is 18.7 Å². The monoisotopic (exact) mass is 291 g/mol. The van der Waals surface area contributed by atoms with E-state index >= 15 is 0 Å². The zero-order valence-electron chi connectivity index (χ0n) is 13.3. The minimum absolute atomic E-state index is 0.227. The molecule has 1 heterocycles. The number of carbonyl (C=O) groups excluding carboxylic acids is 1. The molecule has 1 aromatic rings. The van der Waals surface area contributed by atoms with E-state index in [1.165, 1.54) is 0 Å². The number of likely N-dealkylation sites (N-methyl/N-ethyl adjacent to an activating group) is 2. The minimum Gasteiger partial charge on any atom is -0.445 e. The predicted molar refractivity (Wildman–Crippen MR) is 83.2 cm³/mol. The number of ether oxygens (including phenoxy) is 1. The van der Waals surface area contributed by atoms with Gasteiger partial charge in [0.05, 0.1) is 0 Å². The van der Waals surface area contributed by atoms with Gasteiger partial charge in [-0.25, -0.2) is 4.79 Å². The van der Waals surface area contributed by atoms with Crippen LogP contribution in [0.15, 0.2) is 30.3 Å². The van der Waals surface area contributed by atoms with E-state index in [9.17, 15) is 4.79 Å². The lowest BCUT2D eigenvalue weighted by Crippen LogP contribution is -2.45. The first-order chi connectivity index (χ1) is 9.99. The van der Waals surface area contributed by atoms with E-state index in [0.717, 1.165) is 5.56 Å². The van der Waals surface area contributed by atoms with Crippen LogP contribution in [0.4, 0.5) is 4.79 Å². The van der Waals surface area contributed by atoms with Gasteiger partial charge in [-0.05, 0) is 33.8 Å². The molecule has 2 rings (SSSR count). The molecule has 0 spiro atoms. The number of carbonyl (C=O) groups is 1. The van der Waals surface area contributed by atoms with Crippen molar-refractivity contribution in [2.24, 2.45) is 0 Å². The molecule has 116 valence electrons. The summed E-state index contributed by atoms with van der Waals surface area (Å²) in [5.41, 5.74) is 1.01. The molecule has 0 saturated carbocycles. The van der Waals surface area contributed by atoms with Gasteiger partial charge in [-0.15, -0.1) is 0 Å². The summed E-state index contributed by atoms with van der Waals surface area (Å²) in [6.07, 6.45) is -0.227. The fraction of sp³-hybridized carbons (Fsp3) is 0.562. The van der Waals surface area contributed by atoms with Crippen LogP contribution in [0.1, 0.15) is 5.56 Å². The van der Waals surface area contributed by atoms with Crippen molar-refractivity contribution in [1.29, 1.82) is 0 Å². The summed E-state index contributed by atoms with van der Waals surface area (Å²) in [5, 5.41) is 0. The lowest BCUT2D eigenvalue weighted by atomic mass is 10.1. The second-order valence-corrected chi connectivity index (χ2v) is 6.01. The summed E-state index contributed by atoms with van der Waals surface area (Å²) >= 11 is 0. The normalized spacial score (nSPS) is 22.1. The molecule has 0 N–H and O–H groups in total. The van der Waals surface area contributed by atoms with Gasteiger partial charge < -0.3 is 19.4 Å². The highest BCUT2D eigenvalue weighted by Crippen LogP contribution is 2.19. The Balaban J connectivity index is 1.91. The molecule has 0 aromatic heterocycles. The molecule has 1 saturated heterocycles. The van der Waals surface area contributed by atoms with Gasteiger partial charge in [0.15, 0.2) is 0 Å². The highest BCUT2D eigenvalue weighted by atomic mass is 16.6. The van der Waals surface area contributed by atoms with Gasteiger partial charge in [0.2, 0.25) is 0 Å². The van der Waals surface area contributed by atoms with Crippen LogP contribution in [0.5, 0.6) is 0 Å². The maximum Gasteiger partial charge on any atom is 0.410 e. The topological polar surface area (TPSA) is 36.0 Å². The standard InChI is InChI=1S/C16H25N3O2/c1-17(2)14-10-19(11-15(14)18(3)4)16(20)21-12-13-8-6-5-7-9-13/h5-9,14-15H,10-12H2,1-4H3. The maximum atomic E-state index is 12.2. The molecule has 0 aliphatic carbocycles. The number of nitrogens with zero attached hydrogens (tertiary/aromatic N) is 3. The molecule has 1 amide bonds. The van der Waals surface area contributed by atoms with E-state index in [4.69, 9.17) is 4.74 Å². The summed E-state index contributed by atoms with van der Waals surface area (Å²) in [6.45, 7) is 1.75. The van der Waals surface area contributed by atoms with Crippen molar-refractivity contribution < 1.29 is 9.53 Å². The van der Waals surface area contributed by atoms with E-state index in [-0.39, 0.29) is 6.09 Å². The molecule has 0 bridgehead atoms. The SMILES string of the molecule is CN(C)C1CN(C(=O)OCc2ccccc2)CC1N(C)C. The summed E-state index contributed by atoms with van der Waals surface area (Å²) < 4.78 is 5.42. The Hall–Kier alpha value is -1.59. The molecule has 21 heavy (non-hydrogen) atoms. The number of hydrogen-bond acceptors (Lipinski definition) is 4. The number of benzene rings is 1. The first-order valence-electron chi connectivity index (χ1n) is 7.27. The Morgan fingerprint density at radius 3 is 2.10 bits per heavy atom. The average Bonchev–Trinajstić information content (AvgIpc) is 2.91. The van der Waals surface area contributed by atoms with E-state index in [2.05, 4.69) is 38.0 Å². The van der Waals surface area contributed by atoms with Crippen molar-refractivity contribution in [1.82, 2.24) is 14.7 Å². The lowest BCUT2D eigenvalue weighted by Gasteiger charge is -2.29. The van der Waals surface area contributed by atoms with Crippen LogP contribution in [0.25, 0.3) is 0 Å². The fourth-order valence-corrected chi connectivity index (χ4v) is 2.74. The molecule has 2 unspecified atom stereocenters. The second kappa shape index (κ2) is 6.91. The van der Waals surface area contributed by atoms with Gasteiger partial charge in [-0.3, -0.25) is 0 Å². The van der Waals surface area contributed by atoms with Crippen LogP contribution in [0, 0.1) is 0 Å². The Kier molecular flexibility index (Phi) is 5.20. The third kappa shape index (κ3) is 3.95. The number of amides is 1. The first-order valence-corrected chi connectivity index (χ1v) is 7.27. The van der Waals surface area contributed by atoms with E-state index in [1.54, 1.807) is 4.90 Å². The highest BCUT2D eigenvalue weighted by Gasteiger charge is 2.38. The fourth-order valence-electron chi connectivity index (χ4n) is 2.74. The number of likely N-dealkylation sites (tertiary alicyclic amines) is 1. The van der Waals surface area contributed by atoms with Crippen molar-refractivity contribution >= 4 is 6.09 Å². The van der Waals surface area contributed by atoms with Crippen molar-refractivity contribution in [3.63, 3.8) is 0 Å². The third-order valence-corrected chi connectivity index (χ3v) is 4.05. The molecule has 5 heteroatoms. The molecule has 0 radical (unpaired) electrons. The molecule has 2 atom stereocenters. The summed E-state index contributed by atoms with van der Waals surface area (Å²) in [6, 6.07) is 10.4. The van der Waals surface area contributed by atoms with Gasteiger partial charge >= 0.3 is 6.09 Å². The van der Waals surface area contributed by atoms with Crippen LogP contribution in [0.3, 0.4) is 0 Å². The van der Waals surface area contributed by atoms with Gasteiger partial charge in [-0.2, -0.15) is 0 Å². The molecular formula is C16H25N3O2. The number of rotatable bonds is 4. The zero-order chi connectivity index (χ0) is 15.4. The van der Waals surface area contributed by atoms with E-state index in [1.807, 2.05) is 30.3 Å². The van der Waals surface area contributed by atoms with Gasteiger partial charge in [0.25, 0.3) is 0 Å². The quantitative estimate of drug-likeness (QED) is 0.842. The summed E-state index contributed by atoms with van der Waals surface area (Å²) in [7, 11) is 8.22. The third-order valence-electron chi connectivity index (χ3n) is 4.05. The summed E-state index contributed by atoms with van der Waals surface area (Å²) in [5.74, 6) is 0. The van der Waals surface area contributed by atoms with Crippen LogP contribution in [-0.4, -0.2) is 74.2 Å².